The van der Waals surface area contributed by atoms with E-state index in [1.807, 2.05) is 0 Å². The molecule has 0 radical (unpaired) electrons. The number of hydrogen-bond acceptors (Lipinski definition) is 3. The lowest BCUT2D eigenvalue weighted by Crippen LogP contribution is -1.97. The Morgan fingerprint density at radius 3 is 2.83 bits per heavy atom. The molecule has 0 aliphatic carbocycles. The molecule has 2 aromatic rings. The van der Waals surface area contributed by atoms with Gasteiger partial charge in [-0.15, -0.1) is 0 Å². The van der Waals surface area contributed by atoms with Crippen LogP contribution in [0.25, 0.3) is 11.2 Å². The van der Waals surface area contributed by atoms with Crippen LogP contribution in [0.4, 0.5) is 0 Å². The van der Waals surface area contributed by atoms with Gasteiger partial charge in [0.2, 0.25) is 0 Å². The van der Waals surface area contributed by atoms with Gasteiger partial charge in [0.25, 0.3) is 6.01 Å². The second kappa shape index (κ2) is 6.05. The van der Waals surface area contributed by atoms with Crippen molar-refractivity contribution in [2.75, 3.05) is 0 Å². The molecule has 0 amide bonds. The molecule has 2 rings (SSSR count). The first kappa shape index (κ1) is 13.1. The molecular formula is C13H18ClN3O. The molecule has 0 aliphatic heterocycles. The maximum absolute atomic E-state index is 9.80. The van der Waals surface area contributed by atoms with E-state index in [0.29, 0.717) is 10.7 Å². The van der Waals surface area contributed by atoms with E-state index in [2.05, 4.69) is 16.9 Å². The Balaban J connectivity index is 2.07. The Hall–Kier alpha value is -1.29. The summed E-state index contributed by atoms with van der Waals surface area (Å²) in [5.74, 6) is 0. The van der Waals surface area contributed by atoms with Crippen LogP contribution in [0.15, 0.2) is 12.3 Å². The molecule has 2 aromatic heterocycles. The number of aromatic hydroxyl groups is 1. The van der Waals surface area contributed by atoms with Gasteiger partial charge in [0.1, 0.15) is 0 Å². The van der Waals surface area contributed by atoms with Crippen LogP contribution in [0.2, 0.25) is 5.02 Å². The van der Waals surface area contributed by atoms with E-state index in [1.54, 1.807) is 16.8 Å². The van der Waals surface area contributed by atoms with Crippen LogP contribution < -0.4 is 0 Å². The highest BCUT2D eigenvalue weighted by Crippen LogP contribution is 2.22. The molecule has 98 valence electrons. The van der Waals surface area contributed by atoms with Crippen molar-refractivity contribution in [1.29, 1.82) is 0 Å². The van der Waals surface area contributed by atoms with E-state index in [4.69, 9.17) is 11.6 Å². The summed E-state index contributed by atoms with van der Waals surface area (Å²) in [5, 5.41) is 10.4. The largest absolute Gasteiger partial charge is 0.480 e. The van der Waals surface area contributed by atoms with Gasteiger partial charge in [0, 0.05) is 12.7 Å². The minimum Gasteiger partial charge on any atom is -0.480 e. The van der Waals surface area contributed by atoms with Crippen molar-refractivity contribution >= 4 is 22.8 Å². The van der Waals surface area contributed by atoms with E-state index in [9.17, 15) is 5.11 Å². The standard InChI is InChI=1S/C13H18ClN3O/c1-2-3-4-5-6-7-17-11-8-10(14)9-15-12(11)16-13(17)18/h8-9H,2-7H2,1H3,(H,15,16,18). The van der Waals surface area contributed by atoms with Gasteiger partial charge in [-0.1, -0.05) is 44.2 Å². The summed E-state index contributed by atoms with van der Waals surface area (Å²) in [6.07, 6.45) is 7.49. The number of halogens is 1. The Bertz CT molecular complexity index is 524. The third kappa shape index (κ3) is 2.93. The van der Waals surface area contributed by atoms with Crippen molar-refractivity contribution in [3.05, 3.63) is 17.3 Å². The summed E-state index contributed by atoms with van der Waals surface area (Å²) in [4.78, 5) is 8.11. The van der Waals surface area contributed by atoms with E-state index in [-0.39, 0.29) is 6.01 Å². The van der Waals surface area contributed by atoms with Crippen molar-refractivity contribution in [1.82, 2.24) is 14.5 Å². The summed E-state index contributed by atoms with van der Waals surface area (Å²) in [6.45, 7) is 2.96. The third-order valence-electron chi connectivity index (χ3n) is 3.04. The topological polar surface area (TPSA) is 50.9 Å². The van der Waals surface area contributed by atoms with Gasteiger partial charge in [-0.3, -0.25) is 4.57 Å². The zero-order chi connectivity index (χ0) is 13.0. The Kier molecular flexibility index (Phi) is 4.42. The number of unbranched alkanes of at least 4 members (excludes halogenated alkanes) is 4. The van der Waals surface area contributed by atoms with Crippen LogP contribution in [0.3, 0.4) is 0 Å². The highest BCUT2D eigenvalue weighted by Gasteiger charge is 2.10. The Morgan fingerprint density at radius 1 is 1.28 bits per heavy atom. The van der Waals surface area contributed by atoms with Gasteiger partial charge < -0.3 is 5.11 Å². The minimum atomic E-state index is 0.0234. The minimum absolute atomic E-state index is 0.0234. The van der Waals surface area contributed by atoms with Crippen LogP contribution >= 0.6 is 11.6 Å². The normalized spacial score (nSPS) is 11.2. The van der Waals surface area contributed by atoms with Crippen molar-refractivity contribution in [2.24, 2.45) is 0 Å². The first-order chi connectivity index (χ1) is 8.72. The van der Waals surface area contributed by atoms with Gasteiger partial charge in [0.05, 0.1) is 10.5 Å². The number of fused-ring (bicyclic) bond motifs is 1. The molecule has 0 bridgehead atoms. The van der Waals surface area contributed by atoms with Gasteiger partial charge in [-0.05, 0) is 12.5 Å². The SMILES string of the molecule is CCCCCCCn1c(O)nc2ncc(Cl)cc21. The summed E-state index contributed by atoms with van der Waals surface area (Å²) in [6, 6.07) is 1.82. The molecule has 0 fully saturated rings. The molecule has 5 heteroatoms. The lowest BCUT2D eigenvalue weighted by molar-refractivity contribution is 0.396. The number of aromatic nitrogens is 3. The summed E-state index contributed by atoms with van der Waals surface area (Å²) in [7, 11) is 0. The Labute approximate surface area is 112 Å². The van der Waals surface area contributed by atoms with Gasteiger partial charge in [-0.25, -0.2) is 4.98 Å². The molecule has 1 N–H and O–H groups in total. The zero-order valence-corrected chi connectivity index (χ0v) is 11.3. The fraction of sp³-hybridized carbons (Fsp3) is 0.538. The molecular weight excluding hydrogens is 250 g/mol. The van der Waals surface area contributed by atoms with Crippen LogP contribution in [0.5, 0.6) is 6.01 Å². The number of pyridine rings is 1. The van der Waals surface area contributed by atoms with E-state index < -0.39 is 0 Å². The first-order valence-electron chi connectivity index (χ1n) is 6.43. The molecule has 0 saturated heterocycles. The molecule has 0 aromatic carbocycles. The molecule has 2 heterocycles. The summed E-state index contributed by atoms with van der Waals surface area (Å²) < 4.78 is 1.78. The fourth-order valence-corrected chi connectivity index (χ4v) is 2.22. The van der Waals surface area contributed by atoms with Gasteiger partial charge in [-0.2, -0.15) is 4.98 Å². The lowest BCUT2D eigenvalue weighted by atomic mass is 10.1. The number of imidazole rings is 1. The van der Waals surface area contributed by atoms with Crippen molar-refractivity contribution < 1.29 is 5.11 Å². The van der Waals surface area contributed by atoms with E-state index >= 15 is 0 Å². The van der Waals surface area contributed by atoms with Crippen LogP contribution in [-0.4, -0.2) is 19.6 Å². The predicted octanol–water partition coefficient (Wildman–Crippen LogP) is 3.76. The molecule has 0 atom stereocenters. The fourth-order valence-electron chi connectivity index (χ4n) is 2.06. The average molecular weight is 268 g/mol. The zero-order valence-electron chi connectivity index (χ0n) is 10.6. The van der Waals surface area contributed by atoms with E-state index in [1.165, 1.54) is 25.7 Å². The quantitative estimate of drug-likeness (QED) is 0.811. The monoisotopic (exact) mass is 267 g/mol. The van der Waals surface area contributed by atoms with Crippen LogP contribution in [0.1, 0.15) is 39.0 Å². The Morgan fingerprint density at radius 2 is 2.06 bits per heavy atom. The highest BCUT2D eigenvalue weighted by molar-refractivity contribution is 6.31. The first-order valence-corrected chi connectivity index (χ1v) is 6.81. The lowest BCUT2D eigenvalue weighted by Gasteiger charge is -2.05. The van der Waals surface area contributed by atoms with Crippen LogP contribution in [-0.2, 0) is 6.54 Å². The second-order valence-electron chi connectivity index (χ2n) is 4.47. The average Bonchev–Trinajstić information content (AvgIpc) is 2.65. The molecule has 4 nitrogen and oxygen atoms in total. The molecule has 0 saturated carbocycles. The summed E-state index contributed by atoms with van der Waals surface area (Å²) >= 11 is 5.92. The molecule has 18 heavy (non-hydrogen) atoms. The number of aryl methyl sites for hydroxylation is 1. The molecule has 0 spiro atoms. The second-order valence-corrected chi connectivity index (χ2v) is 4.91. The van der Waals surface area contributed by atoms with Crippen LogP contribution in [0, 0.1) is 0 Å². The highest BCUT2D eigenvalue weighted by atomic mass is 35.5. The van der Waals surface area contributed by atoms with Gasteiger partial charge in [0.15, 0.2) is 5.65 Å². The maximum Gasteiger partial charge on any atom is 0.296 e. The molecule has 0 unspecified atom stereocenters. The van der Waals surface area contributed by atoms with Gasteiger partial charge >= 0.3 is 0 Å². The van der Waals surface area contributed by atoms with Crippen molar-refractivity contribution in [3.63, 3.8) is 0 Å². The molecule has 0 aliphatic rings. The number of hydrogen-bond donors (Lipinski definition) is 1. The third-order valence-corrected chi connectivity index (χ3v) is 3.24. The number of nitrogens with zero attached hydrogens (tertiary/aromatic N) is 3. The van der Waals surface area contributed by atoms with Crippen molar-refractivity contribution in [2.45, 2.75) is 45.6 Å². The maximum atomic E-state index is 9.80. The smallest absolute Gasteiger partial charge is 0.296 e. The van der Waals surface area contributed by atoms with E-state index in [0.717, 1.165) is 18.5 Å². The van der Waals surface area contributed by atoms with Crippen molar-refractivity contribution in [3.8, 4) is 6.01 Å². The predicted molar refractivity (Wildman–Crippen MR) is 73.0 cm³/mol. The number of rotatable bonds is 6. The summed E-state index contributed by atoms with van der Waals surface area (Å²) in [5.41, 5.74) is 1.35.